The predicted octanol–water partition coefficient (Wildman–Crippen LogP) is 2.21. The normalized spacial score (nSPS) is 11.2. The van der Waals surface area contributed by atoms with Crippen LogP contribution in [-0.4, -0.2) is 32.8 Å². The minimum atomic E-state index is -0.455. The second-order valence-electron chi connectivity index (χ2n) is 4.49. The minimum Gasteiger partial charge on any atom is -0.465 e. The summed E-state index contributed by atoms with van der Waals surface area (Å²) < 4.78 is 6.56. The van der Waals surface area contributed by atoms with Gasteiger partial charge in [-0.2, -0.15) is 5.10 Å². The lowest BCUT2D eigenvalue weighted by atomic mass is 10.2. The van der Waals surface area contributed by atoms with E-state index < -0.39 is 5.97 Å². The van der Waals surface area contributed by atoms with Crippen LogP contribution in [0.4, 0.5) is 0 Å². The summed E-state index contributed by atoms with van der Waals surface area (Å²) in [4.78, 5) is 19.5. The zero-order valence-corrected chi connectivity index (χ0v) is 11.6. The van der Waals surface area contributed by atoms with Crippen molar-refractivity contribution in [3.63, 3.8) is 0 Å². The third-order valence-corrected chi connectivity index (χ3v) is 2.73. The maximum Gasteiger partial charge on any atom is 0.341 e. The highest BCUT2D eigenvalue weighted by molar-refractivity contribution is 5.93. The van der Waals surface area contributed by atoms with Crippen LogP contribution >= 0.6 is 0 Å². The molecule has 2 heterocycles. The lowest BCUT2D eigenvalue weighted by Crippen LogP contribution is -2.05. The van der Waals surface area contributed by atoms with Gasteiger partial charge in [-0.15, -0.1) is 0 Å². The van der Waals surface area contributed by atoms with Crippen molar-refractivity contribution in [2.24, 2.45) is 0 Å². The van der Waals surface area contributed by atoms with Crippen molar-refractivity contribution >= 4 is 18.1 Å². The van der Waals surface area contributed by atoms with E-state index in [9.17, 15) is 4.79 Å². The van der Waals surface area contributed by atoms with Gasteiger partial charge >= 0.3 is 5.97 Å². The first-order valence-electron chi connectivity index (χ1n) is 6.22. The molecule has 20 heavy (non-hydrogen) atoms. The predicted molar refractivity (Wildman–Crippen MR) is 74.9 cm³/mol. The molecule has 0 saturated heterocycles. The Hall–Kier alpha value is -2.50. The third-order valence-electron chi connectivity index (χ3n) is 2.73. The quantitative estimate of drug-likeness (QED) is 0.798. The van der Waals surface area contributed by atoms with E-state index in [1.807, 2.05) is 17.0 Å². The summed E-state index contributed by atoms with van der Waals surface area (Å²) in [6.45, 7) is 4.11. The molecule has 0 saturated carbocycles. The Balaban J connectivity index is 2.24. The molecular weight excluding hydrogens is 256 g/mol. The number of nitrogens with zero attached hydrogens (tertiary/aromatic N) is 4. The number of carbonyl (C=O) groups excluding carboxylic acids is 1. The van der Waals surface area contributed by atoms with Gasteiger partial charge in [-0.3, -0.25) is 4.68 Å². The van der Waals surface area contributed by atoms with Gasteiger partial charge in [0.1, 0.15) is 11.9 Å². The average Bonchev–Trinajstić information content (AvgIpc) is 2.93. The van der Waals surface area contributed by atoms with Crippen LogP contribution in [0.15, 0.2) is 24.9 Å². The Labute approximate surface area is 117 Å². The van der Waals surface area contributed by atoms with Crippen LogP contribution in [0.1, 0.15) is 41.5 Å². The largest absolute Gasteiger partial charge is 0.465 e. The van der Waals surface area contributed by atoms with Gasteiger partial charge in [-0.25, -0.2) is 14.8 Å². The number of methoxy groups -OCH3 is 1. The lowest BCUT2D eigenvalue weighted by molar-refractivity contribution is 0.0599. The van der Waals surface area contributed by atoms with E-state index in [0.29, 0.717) is 17.3 Å². The van der Waals surface area contributed by atoms with Crippen LogP contribution in [-0.2, 0) is 4.74 Å². The SMILES string of the molecule is COC(=O)c1cncnc1/C=C/c1cnn(C(C)C)c1. The molecule has 0 amide bonds. The molecule has 0 radical (unpaired) electrons. The Morgan fingerprint density at radius 2 is 2.15 bits per heavy atom. The summed E-state index contributed by atoms with van der Waals surface area (Å²) in [6.07, 6.45) is 10.1. The molecular formula is C14H16N4O2. The van der Waals surface area contributed by atoms with Gasteiger partial charge in [0.05, 0.1) is 19.0 Å². The fourth-order valence-electron chi connectivity index (χ4n) is 1.64. The molecule has 0 unspecified atom stereocenters. The van der Waals surface area contributed by atoms with Gasteiger partial charge in [0.2, 0.25) is 0 Å². The third kappa shape index (κ3) is 3.09. The van der Waals surface area contributed by atoms with E-state index in [0.717, 1.165) is 5.56 Å². The molecule has 6 heteroatoms. The number of rotatable bonds is 4. The Morgan fingerprint density at radius 3 is 2.80 bits per heavy atom. The summed E-state index contributed by atoms with van der Waals surface area (Å²) in [6, 6.07) is 0.307. The van der Waals surface area contributed by atoms with E-state index in [2.05, 4.69) is 28.9 Å². The Kier molecular flexibility index (Phi) is 4.24. The fraction of sp³-hybridized carbons (Fsp3) is 0.286. The molecule has 0 bridgehead atoms. The van der Waals surface area contributed by atoms with Gasteiger partial charge < -0.3 is 4.74 Å². The second-order valence-corrected chi connectivity index (χ2v) is 4.49. The molecule has 0 atom stereocenters. The van der Waals surface area contributed by atoms with Crippen molar-refractivity contribution < 1.29 is 9.53 Å². The summed E-state index contributed by atoms with van der Waals surface area (Å²) >= 11 is 0. The second kappa shape index (κ2) is 6.10. The van der Waals surface area contributed by atoms with E-state index in [-0.39, 0.29) is 0 Å². The molecule has 0 aliphatic heterocycles. The highest BCUT2D eigenvalue weighted by atomic mass is 16.5. The standard InChI is InChI=1S/C14H16N4O2/c1-10(2)18-8-11(6-17-18)4-5-13-12(14(19)20-3)7-15-9-16-13/h4-10H,1-3H3/b5-4+. The first-order valence-corrected chi connectivity index (χ1v) is 6.22. The summed E-state index contributed by atoms with van der Waals surface area (Å²) in [5.74, 6) is -0.455. The smallest absolute Gasteiger partial charge is 0.341 e. The number of carbonyl (C=O) groups is 1. The van der Waals surface area contributed by atoms with Gasteiger partial charge in [0, 0.05) is 24.0 Å². The molecule has 0 N–H and O–H groups in total. The van der Waals surface area contributed by atoms with E-state index in [4.69, 9.17) is 4.74 Å². The van der Waals surface area contributed by atoms with Crippen LogP contribution in [0.5, 0.6) is 0 Å². The summed E-state index contributed by atoms with van der Waals surface area (Å²) in [5.41, 5.74) is 1.79. The number of hydrogen-bond acceptors (Lipinski definition) is 5. The van der Waals surface area contributed by atoms with Crippen LogP contribution < -0.4 is 0 Å². The molecule has 104 valence electrons. The van der Waals surface area contributed by atoms with E-state index >= 15 is 0 Å². The highest BCUT2D eigenvalue weighted by Crippen LogP contribution is 2.12. The molecule has 0 aliphatic rings. The van der Waals surface area contributed by atoms with Crippen molar-refractivity contribution in [3.05, 3.63) is 41.7 Å². The first-order chi connectivity index (χ1) is 9.61. The zero-order chi connectivity index (χ0) is 14.5. The van der Waals surface area contributed by atoms with Crippen molar-refractivity contribution in [1.82, 2.24) is 19.7 Å². The Bertz CT molecular complexity index is 632. The summed E-state index contributed by atoms with van der Waals surface area (Å²) in [5, 5.41) is 4.24. The molecule has 0 aliphatic carbocycles. The lowest BCUT2D eigenvalue weighted by Gasteiger charge is -2.02. The molecule has 0 fully saturated rings. The van der Waals surface area contributed by atoms with Gasteiger partial charge in [0.25, 0.3) is 0 Å². The summed E-state index contributed by atoms with van der Waals surface area (Å²) in [7, 11) is 1.33. The number of ether oxygens (including phenoxy) is 1. The average molecular weight is 272 g/mol. The van der Waals surface area contributed by atoms with Crippen molar-refractivity contribution in [2.75, 3.05) is 7.11 Å². The van der Waals surface area contributed by atoms with Crippen LogP contribution in [0.25, 0.3) is 12.2 Å². The van der Waals surface area contributed by atoms with Crippen molar-refractivity contribution in [3.8, 4) is 0 Å². The molecule has 6 nitrogen and oxygen atoms in total. The van der Waals surface area contributed by atoms with Crippen molar-refractivity contribution in [2.45, 2.75) is 19.9 Å². The van der Waals surface area contributed by atoms with Gasteiger partial charge in [0.15, 0.2) is 0 Å². The molecule has 2 rings (SSSR count). The molecule has 0 spiro atoms. The molecule has 2 aromatic rings. The van der Waals surface area contributed by atoms with E-state index in [1.54, 1.807) is 12.3 Å². The van der Waals surface area contributed by atoms with Crippen LogP contribution in [0.2, 0.25) is 0 Å². The van der Waals surface area contributed by atoms with Crippen LogP contribution in [0, 0.1) is 0 Å². The van der Waals surface area contributed by atoms with Gasteiger partial charge in [-0.1, -0.05) is 0 Å². The fourth-order valence-corrected chi connectivity index (χ4v) is 1.64. The maximum atomic E-state index is 11.6. The molecule has 0 aromatic carbocycles. The maximum absolute atomic E-state index is 11.6. The first kappa shape index (κ1) is 13.9. The van der Waals surface area contributed by atoms with Crippen molar-refractivity contribution in [1.29, 1.82) is 0 Å². The highest BCUT2D eigenvalue weighted by Gasteiger charge is 2.10. The minimum absolute atomic E-state index is 0.307. The topological polar surface area (TPSA) is 69.9 Å². The molecule has 2 aromatic heterocycles. The number of esters is 1. The Morgan fingerprint density at radius 1 is 1.35 bits per heavy atom. The number of aromatic nitrogens is 4. The van der Waals surface area contributed by atoms with E-state index in [1.165, 1.54) is 19.6 Å². The van der Waals surface area contributed by atoms with Crippen LogP contribution in [0.3, 0.4) is 0 Å². The zero-order valence-electron chi connectivity index (χ0n) is 11.6. The van der Waals surface area contributed by atoms with Gasteiger partial charge in [-0.05, 0) is 26.0 Å². The monoisotopic (exact) mass is 272 g/mol. The number of hydrogen-bond donors (Lipinski definition) is 0.